The molecule has 0 fully saturated rings. The van der Waals surface area contributed by atoms with Gasteiger partial charge in [0.25, 0.3) is 5.91 Å². The van der Waals surface area contributed by atoms with Crippen LogP contribution in [-0.4, -0.2) is 21.4 Å². The Morgan fingerprint density at radius 1 is 1.00 bits per heavy atom. The fourth-order valence-electron chi connectivity index (χ4n) is 3.56. The normalized spacial score (nSPS) is 11.9. The summed E-state index contributed by atoms with van der Waals surface area (Å²) in [6.45, 7) is 3.83. The third-order valence-corrected chi connectivity index (χ3v) is 5.98. The van der Waals surface area contributed by atoms with Crippen LogP contribution in [0.25, 0.3) is 11.0 Å². The van der Waals surface area contributed by atoms with Crippen LogP contribution in [0, 0.1) is 6.92 Å². The van der Waals surface area contributed by atoms with Crippen LogP contribution in [0.4, 0.5) is 5.69 Å². The summed E-state index contributed by atoms with van der Waals surface area (Å²) >= 11 is 12.0. The Bertz CT molecular complexity index is 1330. The molecular formula is C25H22Cl2N4O2. The molecule has 1 aromatic heterocycles. The van der Waals surface area contributed by atoms with Crippen molar-refractivity contribution in [1.82, 2.24) is 14.9 Å². The zero-order valence-electron chi connectivity index (χ0n) is 18.1. The number of carbonyl (C=O) groups excluding carboxylic acids is 2. The molecule has 0 saturated carbocycles. The van der Waals surface area contributed by atoms with Gasteiger partial charge in [-0.2, -0.15) is 0 Å². The molecule has 0 radical (unpaired) electrons. The van der Waals surface area contributed by atoms with E-state index < -0.39 is 6.04 Å². The van der Waals surface area contributed by atoms with Crippen molar-refractivity contribution in [2.45, 2.75) is 26.4 Å². The van der Waals surface area contributed by atoms with E-state index in [2.05, 4.69) is 15.6 Å². The lowest BCUT2D eigenvalue weighted by atomic mass is 10.1. The number of halogens is 2. The lowest BCUT2D eigenvalue weighted by Gasteiger charge is -2.16. The summed E-state index contributed by atoms with van der Waals surface area (Å²) in [4.78, 5) is 30.3. The van der Waals surface area contributed by atoms with Gasteiger partial charge in [0.2, 0.25) is 5.91 Å². The highest BCUT2D eigenvalue weighted by Crippen LogP contribution is 2.26. The summed E-state index contributed by atoms with van der Waals surface area (Å²) in [5, 5.41) is 6.59. The average molecular weight is 481 g/mol. The van der Waals surface area contributed by atoms with Gasteiger partial charge in [0.1, 0.15) is 12.4 Å². The molecule has 0 bridgehead atoms. The zero-order chi connectivity index (χ0) is 23.5. The maximum Gasteiger partial charge on any atom is 0.251 e. The molecule has 0 aliphatic carbocycles. The Hall–Kier alpha value is -3.35. The van der Waals surface area contributed by atoms with Crippen molar-refractivity contribution in [3.05, 3.63) is 93.7 Å². The number of rotatable bonds is 6. The second-order valence-electron chi connectivity index (χ2n) is 7.78. The Labute approximate surface area is 201 Å². The first-order valence-electron chi connectivity index (χ1n) is 10.4. The van der Waals surface area contributed by atoms with Gasteiger partial charge in [-0.1, -0.05) is 53.0 Å². The van der Waals surface area contributed by atoms with Crippen LogP contribution in [0.5, 0.6) is 0 Å². The summed E-state index contributed by atoms with van der Waals surface area (Å²) in [6.07, 6.45) is 0. The van der Waals surface area contributed by atoms with Crippen LogP contribution < -0.4 is 10.6 Å². The highest BCUT2D eigenvalue weighted by molar-refractivity contribution is 6.42. The van der Waals surface area contributed by atoms with E-state index in [-0.39, 0.29) is 18.4 Å². The van der Waals surface area contributed by atoms with Gasteiger partial charge in [0, 0.05) is 11.3 Å². The molecule has 0 spiro atoms. The van der Waals surface area contributed by atoms with Gasteiger partial charge in [0.15, 0.2) is 0 Å². The van der Waals surface area contributed by atoms with E-state index in [1.54, 1.807) is 30.3 Å². The van der Waals surface area contributed by atoms with Crippen molar-refractivity contribution in [3.8, 4) is 0 Å². The number of benzene rings is 3. The monoisotopic (exact) mass is 480 g/mol. The van der Waals surface area contributed by atoms with E-state index in [1.807, 2.05) is 54.8 Å². The van der Waals surface area contributed by atoms with E-state index in [1.165, 1.54) is 0 Å². The molecule has 0 saturated heterocycles. The van der Waals surface area contributed by atoms with Crippen molar-refractivity contribution < 1.29 is 9.59 Å². The Morgan fingerprint density at radius 2 is 1.73 bits per heavy atom. The number of carbonyl (C=O) groups is 2. The van der Waals surface area contributed by atoms with Gasteiger partial charge < -0.3 is 15.2 Å². The van der Waals surface area contributed by atoms with Crippen LogP contribution >= 0.6 is 23.2 Å². The number of aromatic nitrogens is 2. The van der Waals surface area contributed by atoms with Crippen LogP contribution in [0.1, 0.15) is 34.7 Å². The van der Waals surface area contributed by atoms with Gasteiger partial charge in [0.05, 0.1) is 27.1 Å². The highest BCUT2D eigenvalue weighted by Gasteiger charge is 2.20. The number of fused-ring (bicyclic) bond motifs is 1. The Kier molecular flexibility index (Phi) is 6.67. The molecule has 1 atom stereocenters. The van der Waals surface area contributed by atoms with Crippen molar-refractivity contribution >= 4 is 51.7 Å². The summed E-state index contributed by atoms with van der Waals surface area (Å²) in [5.41, 5.74) is 3.72. The minimum atomic E-state index is -0.427. The molecule has 0 aliphatic rings. The van der Waals surface area contributed by atoms with E-state index in [0.717, 1.165) is 16.6 Å². The molecule has 33 heavy (non-hydrogen) atoms. The number of nitrogens with one attached hydrogen (secondary N) is 2. The molecule has 1 heterocycles. The fraction of sp³-hybridized carbons (Fsp3) is 0.160. The second kappa shape index (κ2) is 9.65. The molecule has 3 aromatic carbocycles. The Morgan fingerprint density at radius 3 is 2.45 bits per heavy atom. The number of para-hydroxylation sites is 2. The van der Waals surface area contributed by atoms with E-state index in [9.17, 15) is 9.59 Å². The van der Waals surface area contributed by atoms with Crippen molar-refractivity contribution in [3.63, 3.8) is 0 Å². The van der Waals surface area contributed by atoms with Gasteiger partial charge >= 0.3 is 0 Å². The van der Waals surface area contributed by atoms with E-state index >= 15 is 0 Å². The largest absolute Gasteiger partial charge is 0.342 e. The van der Waals surface area contributed by atoms with Crippen molar-refractivity contribution in [2.24, 2.45) is 0 Å². The second-order valence-corrected chi connectivity index (χ2v) is 8.60. The van der Waals surface area contributed by atoms with E-state index in [4.69, 9.17) is 23.2 Å². The first-order chi connectivity index (χ1) is 15.8. The molecule has 168 valence electrons. The van der Waals surface area contributed by atoms with Gasteiger partial charge in [-0.3, -0.25) is 9.59 Å². The molecular weight excluding hydrogens is 459 g/mol. The molecule has 6 nitrogen and oxygen atoms in total. The fourth-order valence-corrected chi connectivity index (χ4v) is 3.86. The number of hydrogen-bond acceptors (Lipinski definition) is 3. The predicted octanol–water partition coefficient (Wildman–Crippen LogP) is 5.78. The summed E-state index contributed by atoms with van der Waals surface area (Å²) in [6, 6.07) is 19.4. The molecule has 0 unspecified atom stereocenters. The van der Waals surface area contributed by atoms with Crippen LogP contribution in [0.3, 0.4) is 0 Å². The summed E-state index contributed by atoms with van der Waals surface area (Å²) < 4.78 is 1.81. The first kappa shape index (κ1) is 22.8. The number of imidazole rings is 1. The molecule has 0 aliphatic heterocycles. The molecule has 8 heteroatoms. The third-order valence-electron chi connectivity index (χ3n) is 5.24. The third kappa shape index (κ3) is 5.18. The van der Waals surface area contributed by atoms with Crippen molar-refractivity contribution in [2.75, 3.05) is 5.32 Å². The molecule has 2 amide bonds. The van der Waals surface area contributed by atoms with Gasteiger partial charge in [-0.15, -0.1) is 0 Å². The summed E-state index contributed by atoms with van der Waals surface area (Å²) in [5.74, 6) is 0.122. The maximum atomic E-state index is 12.8. The number of aryl methyl sites for hydroxylation is 1. The molecule has 4 aromatic rings. The average Bonchev–Trinajstić information content (AvgIpc) is 3.15. The topological polar surface area (TPSA) is 76.0 Å². The highest BCUT2D eigenvalue weighted by atomic mass is 35.5. The van der Waals surface area contributed by atoms with E-state index in [0.29, 0.717) is 27.1 Å². The maximum absolute atomic E-state index is 12.8. The smallest absolute Gasteiger partial charge is 0.251 e. The SMILES string of the molecule is Cc1ccc(C(=O)N[C@@H](C)c2nc3ccccc3n2CC(=O)Nc2ccc(Cl)c(Cl)c2)cc1. The van der Waals surface area contributed by atoms with Crippen LogP contribution in [0.15, 0.2) is 66.7 Å². The number of nitrogens with zero attached hydrogens (tertiary/aromatic N) is 2. The van der Waals surface area contributed by atoms with Crippen LogP contribution in [0.2, 0.25) is 10.0 Å². The number of anilines is 1. The standard InChI is InChI=1S/C25H22Cl2N4O2/c1-15-7-9-17(10-8-15)25(33)28-16(2)24-30-21-5-3-4-6-22(21)31(24)14-23(32)29-18-11-12-19(26)20(27)13-18/h3-13,16H,14H2,1-2H3,(H,28,33)(H,29,32)/t16-/m0/s1. The summed E-state index contributed by atoms with van der Waals surface area (Å²) in [7, 11) is 0. The van der Waals surface area contributed by atoms with Gasteiger partial charge in [-0.05, 0) is 56.3 Å². The van der Waals surface area contributed by atoms with Gasteiger partial charge in [-0.25, -0.2) is 4.98 Å². The lowest BCUT2D eigenvalue weighted by Crippen LogP contribution is -2.30. The quantitative estimate of drug-likeness (QED) is 0.367. The zero-order valence-corrected chi connectivity index (χ0v) is 19.6. The minimum absolute atomic E-state index is 0.0147. The predicted molar refractivity (Wildman–Crippen MR) is 132 cm³/mol. The lowest BCUT2D eigenvalue weighted by molar-refractivity contribution is -0.116. The molecule has 2 N–H and O–H groups in total. The van der Waals surface area contributed by atoms with Crippen LogP contribution in [-0.2, 0) is 11.3 Å². The number of amides is 2. The first-order valence-corrected chi connectivity index (χ1v) is 11.1. The minimum Gasteiger partial charge on any atom is -0.342 e. The number of hydrogen-bond donors (Lipinski definition) is 2. The van der Waals surface area contributed by atoms with Crippen molar-refractivity contribution in [1.29, 1.82) is 0 Å². The molecule has 4 rings (SSSR count). The Balaban J connectivity index is 1.58.